The molecule has 1 atom stereocenters. The van der Waals surface area contributed by atoms with Gasteiger partial charge in [-0.15, -0.1) is 0 Å². The molecule has 0 spiro atoms. The number of nitrogens with one attached hydrogen (secondary N) is 1. The highest BCUT2D eigenvalue weighted by Crippen LogP contribution is 2.23. The monoisotopic (exact) mass is 273 g/mol. The highest BCUT2D eigenvalue weighted by atomic mass is 16.5. The van der Waals surface area contributed by atoms with Crippen LogP contribution in [-0.4, -0.2) is 38.3 Å². The van der Waals surface area contributed by atoms with E-state index in [9.17, 15) is 4.79 Å². The van der Waals surface area contributed by atoms with E-state index in [-0.39, 0.29) is 11.9 Å². The molecule has 1 aliphatic rings. The van der Waals surface area contributed by atoms with Crippen LogP contribution in [0.2, 0.25) is 0 Å². The second-order valence-electron chi connectivity index (χ2n) is 4.79. The Morgan fingerprint density at radius 1 is 1.60 bits per heavy atom. The normalized spacial score (nSPS) is 18.4. The van der Waals surface area contributed by atoms with Gasteiger partial charge in [0.1, 0.15) is 6.04 Å². The van der Waals surface area contributed by atoms with Gasteiger partial charge >= 0.3 is 0 Å². The van der Waals surface area contributed by atoms with Crippen LogP contribution in [0.1, 0.15) is 18.1 Å². The second-order valence-corrected chi connectivity index (χ2v) is 4.79. The summed E-state index contributed by atoms with van der Waals surface area (Å²) >= 11 is 0. The molecule has 5 nitrogen and oxygen atoms in total. The summed E-state index contributed by atoms with van der Waals surface area (Å²) < 4.78 is 5.42. The van der Waals surface area contributed by atoms with E-state index in [1.807, 2.05) is 30.9 Å². The minimum atomic E-state index is -0.309. The number of carbonyl (C=O) groups excluding carboxylic acids is 1. The van der Waals surface area contributed by atoms with Gasteiger partial charge < -0.3 is 15.0 Å². The van der Waals surface area contributed by atoms with Crippen molar-refractivity contribution in [3.8, 4) is 6.07 Å². The molecule has 0 aromatic heterocycles. The zero-order valence-electron chi connectivity index (χ0n) is 11.8. The van der Waals surface area contributed by atoms with E-state index >= 15 is 0 Å². The van der Waals surface area contributed by atoms with Crippen molar-refractivity contribution in [2.75, 3.05) is 31.2 Å². The number of nitrogens with zero attached hydrogens (tertiary/aromatic N) is 2. The first-order valence-electron chi connectivity index (χ1n) is 6.80. The number of amides is 1. The van der Waals surface area contributed by atoms with Crippen LogP contribution in [-0.2, 0) is 9.53 Å². The molecule has 0 bridgehead atoms. The SMILES string of the molecule is CCNC(=O)C1COCCN1c1ccc(C#N)c(C)c1. The van der Waals surface area contributed by atoms with Crippen molar-refractivity contribution in [2.24, 2.45) is 0 Å². The van der Waals surface area contributed by atoms with E-state index in [1.165, 1.54) is 0 Å². The van der Waals surface area contributed by atoms with Crippen LogP contribution in [0.3, 0.4) is 0 Å². The van der Waals surface area contributed by atoms with Crippen molar-refractivity contribution in [1.29, 1.82) is 5.26 Å². The van der Waals surface area contributed by atoms with Gasteiger partial charge in [0, 0.05) is 18.8 Å². The number of ether oxygens (including phenoxy) is 1. The summed E-state index contributed by atoms with van der Waals surface area (Å²) in [6, 6.07) is 7.49. The van der Waals surface area contributed by atoms with Crippen LogP contribution in [0, 0.1) is 18.3 Å². The maximum absolute atomic E-state index is 12.1. The molecule has 106 valence electrons. The summed E-state index contributed by atoms with van der Waals surface area (Å²) in [6.07, 6.45) is 0. The average molecular weight is 273 g/mol. The summed E-state index contributed by atoms with van der Waals surface area (Å²) in [4.78, 5) is 14.1. The Kier molecular flexibility index (Phi) is 4.59. The Balaban J connectivity index is 2.26. The van der Waals surface area contributed by atoms with E-state index in [0.717, 1.165) is 11.3 Å². The van der Waals surface area contributed by atoms with Crippen molar-refractivity contribution in [3.63, 3.8) is 0 Å². The first-order valence-corrected chi connectivity index (χ1v) is 6.80. The fourth-order valence-corrected chi connectivity index (χ4v) is 2.37. The molecule has 1 fully saturated rings. The Labute approximate surface area is 119 Å². The average Bonchev–Trinajstić information content (AvgIpc) is 2.47. The van der Waals surface area contributed by atoms with Crippen LogP contribution in [0.25, 0.3) is 0 Å². The number of nitriles is 1. The number of aryl methyl sites for hydroxylation is 1. The molecular weight excluding hydrogens is 254 g/mol. The molecule has 1 heterocycles. The van der Waals surface area contributed by atoms with E-state index in [0.29, 0.717) is 31.9 Å². The number of hydrogen-bond donors (Lipinski definition) is 1. The Hall–Kier alpha value is -2.06. The predicted octanol–water partition coefficient (Wildman–Crippen LogP) is 1.21. The van der Waals surface area contributed by atoms with E-state index in [1.54, 1.807) is 6.07 Å². The van der Waals surface area contributed by atoms with Crippen LogP contribution in [0.5, 0.6) is 0 Å². The topological polar surface area (TPSA) is 65.4 Å². The van der Waals surface area contributed by atoms with Gasteiger partial charge in [-0.05, 0) is 37.6 Å². The molecule has 0 radical (unpaired) electrons. The summed E-state index contributed by atoms with van der Waals surface area (Å²) in [6.45, 7) is 6.09. The van der Waals surface area contributed by atoms with Crippen molar-refractivity contribution < 1.29 is 9.53 Å². The summed E-state index contributed by atoms with van der Waals surface area (Å²) in [7, 11) is 0. The highest BCUT2D eigenvalue weighted by molar-refractivity contribution is 5.85. The van der Waals surface area contributed by atoms with Crippen LogP contribution >= 0.6 is 0 Å². The fourth-order valence-electron chi connectivity index (χ4n) is 2.37. The zero-order valence-corrected chi connectivity index (χ0v) is 11.8. The maximum atomic E-state index is 12.1. The van der Waals surface area contributed by atoms with Gasteiger partial charge in [-0.3, -0.25) is 4.79 Å². The molecule has 1 aromatic rings. The van der Waals surface area contributed by atoms with E-state index in [2.05, 4.69) is 11.4 Å². The minimum Gasteiger partial charge on any atom is -0.377 e. The molecule has 1 aliphatic heterocycles. The number of rotatable bonds is 3. The smallest absolute Gasteiger partial charge is 0.245 e. The molecule has 1 saturated heterocycles. The van der Waals surface area contributed by atoms with Gasteiger partial charge in [-0.25, -0.2) is 0 Å². The quantitative estimate of drug-likeness (QED) is 0.899. The second kappa shape index (κ2) is 6.40. The number of hydrogen-bond acceptors (Lipinski definition) is 4. The van der Waals surface area contributed by atoms with Gasteiger partial charge in [-0.1, -0.05) is 0 Å². The lowest BCUT2D eigenvalue weighted by Gasteiger charge is -2.36. The minimum absolute atomic E-state index is 0.0192. The number of benzene rings is 1. The first kappa shape index (κ1) is 14.4. The predicted molar refractivity (Wildman–Crippen MR) is 76.5 cm³/mol. The molecule has 1 N–H and O–H groups in total. The fraction of sp³-hybridized carbons (Fsp3) is 0.467. The Morgan fingerprint density at radius 2 is 2.40 bits per heavy atom. The van der Waals surface area contributed by atoms with Gasteiger partial charge in [0.2, 0.25) is 5.91 Å². The van der Waals surface area contributed by atoms with Crippen LogP contribution < -0.4 is 10.2 Å². The van der Waals surface area contributed by atoms with E-state index < -0.39 is 0 Å². The van der Waals surface area contributed by atoms with Crippen molar-refractivity contribution >= 4 is 11.6 Å². The van der Waals surface area contributed by atoms with Crippen molar-refractivity contribution in [2.45, 2.75) is 19.9 Å². The molecule has 0 aliphatic carbocycles. The number of anilines is 1. The van der Waals surface area contributed by atoms with Gasteiger partial charge in [-0.2, -0.15) is 5.26 Å². The molecular formula is C15H19N3O2. The lowest BCUT2D eigenvalue weighted by molar-refractivity contribution is -0.124. The maximum Gasteiger partial charge on any atom is 0.245 e. The third kappa shape index (κ3) is 2.91. The molecule has 1 unspecified atom stereocenters. The number of likely N-dealkylation sites (N-methyl/N-ethyl adjacent to an activating group) is 1. The lowest BCUT2D eigenvalue weighted by atomic mass is 10.1. The van der Waals surface area contributed by atoms with Crippen molar-refractivity contribution in [3.05, 3.63) is 29.3 Å². The molecule has 20 heavy (non-hydrogen) atoms. The largest absolute Gasteiger partial charge is 0.377 e. The highest BCUT2D eigenvalue weighted by Gasteiger charge is 2.29. The summed E-state index contributed by atoms with van der Waals surface area (Å²) in [5, 5.41) is 11.8. The molecule has 0 saturated carbocycles. The molecule has 1 aromatic carbocycles. The van der Waals surface area contributed by atoms with Gasteiger partial charge in [0.25, 0.3) is 0 Å². The third-order valence-electron chi connectivity index (χ3n) is 3.44. The molecule has 2 rings (SSSR count). The Morgan fingerprint density at radius 3 is 3.05 bits per heavy atom. The van der Waals surface area contributed by atoms with Crippen molar-refractivity contribution in [1.82, 2.24) is 5.32 Å². The summed E-state index contributed by atoms with van der Waals surface area (Å²) in [5.74, 6) is -0.0192. The molecule has 1 amide bonds. The summed E-state index contributed by atoms with van der Waals surface area (Å²) in [5.41, 5.74) is 2.55. The third-order valence-corrected chi connectivity index (χ3v) is 3.44. The van der Waals surface area contributed by atoms with Gasteiger partial charge in [0.15, 0.2) is 0 Å². The lowest BCUT2D eigenvalue weighted by Crippen LogP contribution is -2.54. The first-order chi connectivity index (χ1) is 9.67. The van der Waals surface area contributed by atoms with Gasteiger partial charge in [0.05, 0.1) is 24.8 Å². The molecule has 5 heteroatoms. The van der Waals surface area contributed by atoms with Crippen LogP contribution in [0.4, 0.5) is 5.69 Å². The number of carbonyl (C=O) groups is 1. The standard InChI is InChI=1S/C15H19N3O2/c1-3-17-15(19)14-10-20-7-6-18(14)13-5-4-12(9-16)11(2)8-13/h4-5,8,14H,3,6-7,10H2,1-2H3,(H,17,19). The van der Waals surface area contributed by atoms with Crippen LogP contribution in [0.15, 0.2) is 18.2 Å². The zero-order chi connectivity index (χ0) is 14.5. The van der Waals surface area contributed by atoms with E-state index in [4.69, 9.17) is 10.00 Å². The number of morpholine rings is 1. The Bertz CT molecular complexity index is 536.